The lowest BCUT2D eigenvalue weighted by molar-refractivity contribution is -0.132. The van der Waals surface area contributed by atoms with E-state index in [1.807, 2.05) is 23.9 Å². The Bertz CT molecular complexity index is 380. The van der Waals surface area contributed by atoms with Crippen LogP contribution in [0.5, 0.6) is 0 Å². The molecule has 3 heteroatoms. The number of carbonyl (C=O) groups is 1. The Morgan fingerprint density at radius 3 is 2.27 bits per heavy atom. The Balaban J connectivity index is 3.04. The minimum Gasteiger partial charge on any atom is -0.478 e. The molecule has 0 aliphatic carbocycles. The molecule has 0 aromatic heterocycles. The number of aliphatic carboxylic acids is 1. The minimum absolute atomic E-state index is 0.440. The van der Waals surface area contributed by atoms with E-state index in [1.165, 1.54) is 5.19 Å². The predicted octanol–water partition coefficient (Wildman–Crippen LogP) is 2.17. The summed E-state index contributed by atoms with van der Waals surface area (Å²) < 4.78 is 0. The molecule has 1 rings (SSSR count). The van der Waals surface area contributed by atoms with Gasteiger partial charge in [0, 0.05) is 5.57 Å². The maximum absolute atomic E-state index is 10.8. The molecular weight excluding hydrogens is 204 g/mol. The molecule has 0 saturated heterocycles. The third kappa shape index (κ3) is 3.06. The van der Waals surface area contributed by atoms with Crippen LogP contribution in [0.4, 0.5) is 0 Å². The molecule has 0 fully saturated rings. The van der Waals surface area contributed by atoms with E-state index in [9.17, 15) is 4.79 Å². The molecule has 0 radical (unpaired) electrons. The standard InChI is InChI=1S/C12H16O2Si/c1-10(12(13)14)9-15(2,3)11-7-5-4-6-8-11/h4-9H,1-3H3,(H,13,14). The Hall–Kier alpha value is -1.35. The molecule has 1 N–H and O–H groups in total. The Morgan fingerprint density at radius 1 is 1.27 bits per heavy atom. The summed E-state index contributed by atoms with van der Waals surface area (Å²) in [7, 11) is -1.75. The minimum atomic E-state index is -1.75. The van der Waals surface area contributed by atoms with E-state index < -0.39 is 14.0 Å². The van der Waals surface area contributed by atoms with Gasteiger partial charge in [0.1, 0.15) is 8.07 Å². The lowest BCUT2D eigenvalue weighted by Gasteiger charge is -2.18. The van der Waals surface area contributed by atoms with Gasteiger partial charge in [-0.05, 0) is 6.92 Å². The third-order valence-electron chi connectivity index (χ3n) is 2.43. The van der Waals surface area contributed by atoms with Gasteiger partial charge in [-0.15, -0.1) is 0 Å². The van der Waals surface area contributed by atoms with Gasteiger partial charge in [-0.3, -0.25) is 0 Å². The van der Waals surface area contributed by atoms with Gasteiger partial charge < -0.3 is 5.11 Å². The maximum atomic E-state index is 10.8. The second-order valence-corrected chi connectivity index (χ2v) is 8.53. The molecule has 0 amide bonds. The van der Waals surface area contributed by atoms with Crippen LogP contribution >= 0.6 is 0 Å². The fourth-order valence-corrected chi connectivity index (χ4v) is 3.98. The van der Waals surface area contributed by atoms with E-state index in [4.69, 9.17) is 5.11 Å². The van der Waals surface area contributed by atoms with Gasteiger partial charge in [0.15, 0.2) is 0 Å². The molecule has 0 unspecified atom stereocenters. The van der Waals surface area contributed by atoms with Crippen LogP contribution in [0.15, 0.2) is 41.6 Å². The van der Waals surface area contributed by atoms with Crippen molar-refractivity contribution < 1.29 is 9.90 Å². The van der Waals surface area contributed by atoms with Crippen LogP contribution in [0, 0.1) is 0 Å². The summed E-state index contributed by atoms with van der Waals surface area (Å²) in [6, 6.07) is 10.1. The summed E-state index contributed by atoms with van der Waals surface area (Å²) in [5, 5.41) is 10.1. The van der Waals surface area contributed by atoms with Gasteiger partial charge in [-0.2, -0.15) is 0 Å². The molecule has 0 spiro atoms. The van der Waals surface area contributed by atoms with Crippen molar-refractivity contribution in [3.05, 3.63) is 41.6 Å². The second-order valence-electron chi connectivity index (χ2n) is 4.22. The number of hydrogen-bond donors (Lipinski definition) is 1. The van der Waals surface area contributed by atoms with Gasteiger partial charge in [0.2, 0.25) is 0 Å². The molecule has 0 heterocycles. The number of rotatable bonds is 3. The van der Waals surface area contributed by atoms with Crippen LogP contribution in [0.3, 0.4) is 0 Å². The maximum Gasteiger partial charge on any atom is 0.330 e. The summed E-state index contributed by atoms with van der Waals surface area (Å²) in [6.45, 7) is 5.95. The van der Waals surface area contributed by atoms with Crippen molar-refractivity contribution in [2.24, 2.45) is 0 Å². The second kappa shape index (κ2) is 4.44. The van der Waals surface area contributed by atoms with Gasteiger partial charge in [-0.25, -0.2) is 4.79 Å². The van der Waals surface area contributed by atoms with E-state index in [2.05, 4.69) is 25.2 Å². The van der Waals surface area contributed by atoms with E-state index in [0.717, 1.165) is 0 Å². The van der Waals surface area contributed by atoms with Crippen LogP contribution < -0.4 is 5.19 Å². The normalized spacial score (nSPS) is 12.6. The first-order chi connectivity index (χ1) is 6.93. The lowest BCUT2D eigenvalue weighted by atomic mass is 10.4. The van der Waals surface area contributed by atoms with E-state index in [1.54, 1.807) is 6.92 Å². The largest absolute Gasteiger partial charge is 0.478 e. The predicted molar refractivity (Wildman–Crippen MR) is 65.0 cm³/mol. The highest BCUT2D eigenvalue weighted by Crippen LogP contribution is 2.08. The molecular formula is C12H16O2Si. The van der Waals surface area contributed by atoms with Crippen LogP contribution in [-0.2, 0) is 4.79 Å². The van der Waals surface area contributed by atoms with Gasteiger partial charge in [0.25, 0.3) is 0 Å². The third-order valence-corrected chi connectivity index (χ3v) is 5.41. The van der Waals surface area contributed by atoms with Gasteiger partial charge >= 0.3 is 5.97 Å². The number of carboxylic acid groups (broad SMARTS) is 1. The first kappa shape index (κ1) is 11.7. The average Bonchev–Trinajstić information content (AvgIpc) is 2.18. The highest BCUT2D eigenvalue weighted by atomic mass is 28.3. The van der Waals surface area contributed by atoms with Crippen LogP contribution in [0.25, 0.3) is 0 Å². The Morgan fingerprint density at radius 2 is 1.80 bits per heavy atom. The van der Waals surface area contributed by atoms with Crippen molar-refractivity contribution in [3.63, 3.8) is 0 Å². The van der Waals surface area contributed by atoms with Crippen LogP contribution in [0.2, 0.25) is 13.1 Å². The monoisotopic (exact) mass is 220 g/mol. The number of carboxylic acids is 1. The van der Waals surface area contributed by atoms with Crippen LogP contribution in [-0.4, -0.2) is 19.1 Å². The fraction of sp³-hybridized carbons (Fsp3) is 0.250. The van der Waals surface area contributed by atoms with Crippen molar-refractivity contribution >= 4 is 19.2 Å². The molecule has 1 aromatic carbocycles. The topological polar surface area (TPSA) is 37.3 Å². The highest BCUT2D eigenvalue weighted by molar-refractivity contribution is 6.94. The Labute approximate surface area is 91.3 Å². The number of benzene rings is 1. The summed E-state index contributed by atoms with van der Waals surface area (Å²) >= 11 is 0. The summed E-state index contributed by atoms with van der Waals surface area (Å²) in [6.07, 6.45) is 0. The lowest BCUT2D eigenvalue weighted by Crippen LogP contribution is -2.40. The molecule has 0 aliphatic rings. The summed E-state index contributed by atoms with van der Waals surface area (Å²) in [5.74, 6) is -0.827. The van der Waals surface area contributed by atoms with E-state index in [0.29, 0.717) is 5.57 Å². The smallest absolute Gasteiger partial charge is 0.330 e. The van der Waals surface area contributed by atoms with Crippen molar-refractivity contribution in [1.29, 1.82) is 0 Å². The van der Waals surface area contributed by atoms with Crippen molar-refractivity contribution in [3.8, 4) is 0 Å². The quantitative estimate of drug-likeness (QED) is 0.626. The van der Waals surface area contributed by atoms with E-state index in [-0.39, 0.29) is 0 Å². The average molecular weight is 220 g/mol. The van der Waals surface area contributed by atoms with Crippen LogP contribution in [0.1, 0.15) is 6.92 Å². The first-order valence-electron chi connectivity index (χ1n) is 4.92. The highest BCUT2D eigenvalue weighted by Gasteiger charge is 2.21. The van der Waals surface area contributed by atoms with Crippen molar-refractivity contribution in [2.75, 3.05) is 0 Å². The molecule has 0 atom stereocenters. The molecule has 0 aliphatic heterocycles. The number of hydrogen-bond acceptors (Lipinski definition) is 1. The summed E-state index contributed by atoms with van der Waals surface area (Å²) in [5.41, 5.74) is 2.36. The molecule has 0 saturated carbocycles. The van der Waals surface area contributed by atoms with Gasteiger partial charge in [-0.1, -0.05) is 54.3 Å². The fourth-order valence-electron chi connectivity index (χ4n) is 1.55. The van der Waals surface area contributed by atoms with Gasteiger partial charge in [0.05, 0.1) is 0 Å². The van der Waals surface area contributed by atoms with E-state index >= 15 is 0 Å². The molecule has 0 bridgehead atoms. The molecule has 2 nitrogen and oxygen atoms in total. The SMILES string of the molecule is CC(=C[Si](C)(C)c1ccccc1)C(=O)O. The first-order valence-corrected chi connectivity index (χ1v) is 7.99. The molecule has 15 heavy (non-hydrogen) atoms. The van der Waals surface area contributed by atoms with Crippen molar-refractivity contribution in [1.82, 2.24) is 0 Å². The summed E-state index contributed by atoms with van der Waals surface area (Å²) in [4.78, 5) is 10.8. The zero-order chi connectivity index (χ0) is 11.5. The molecule has 1 aromatic rings. The van der Waals surface area contributed by atoms with Crippen molar-refractivity contribution in [2.45, 2.75) is 20.0 Å². The zero-order valence-corrected chi connectivity index (χ0v) is 10.3. The Kier molecular flexibility index (Phi) is 3.47. The molecule has 80 valence electrons. The zero-order valence-electron chi connectivity index (χ0n) is 9.32.